The number of carbonyl (C=O) groups is 3. The van der Waals surface area contributed by atoms with Crippen molar-refractivity contribution in [2.24, 2.45) is 50.2 Å². The molecule has 4 saturated carbocycles. The van der Waals surface area contributed by atoms with Crippen LogP contribution < -0.4 is 0 Å². The summed E-state index contributed by atoms with van der Waals surface area (Å²) in [6.45, 7) is 23.3. The highest BCUT2D eigenvalue weighted by atomic mass is 16.8. The van der Waals surface area contributed by atoms with Crippen molar-refractivity contribution in [1.82, 2.24) is 0 Å². The van der Waals surface area contributed by atoms with Crippen LogP contribution in [0.5, 0.6) is 0 Å². The van der Waals surface area contributed by atoms with Gasteiger partial charge in [0.05, 0.1) is 49.7 Å². The fourth-order valence-corrected chi connectivity index (χ4v) is 18.1. The molecule has 5 aliphatic carbocycles. The summed E-state index contributed by atoms with van der Waals surface area (Å²) in [5.41, 5.74) is -3.24. The Labute approximate surface area is 538 Å². The molecule has 4 heterocycles. The summed E-state index contributed by atoms with van der Waals surface area (Å²) in [4.78, 5) is 40.1. The third kappa shape index (κ3) is 12.3. The average molecular weight is 1310 g/mol. The molecule has 0 spiro atoms. The maximum atomic E-state index is 13.5. The van der Waals surface area contributed by atoms with E-state index in [1.54, 1.807) is 33.8 Å². The average Bonchev–Trinajstić information content (AvgIpc) is 0.670. The van der Waals surface area contributed by atoms with Gasteiger partial charge in [0, 0.05) is 18.1 Å². The molecule has 0 amide bonds. The molecule has 26 nitrogen and oxygen atoms in total. The van der Waals surface area contributed by atoms with E-state index >= 15 is 0 Å². The molecular formula is C66H104O26. The van der Waals surface area contributed by atoms with Crippen LogP contribution in [0.15, 0.2) is 34.9 Å². The maximum absolute atomic E-state index is 13.5. The summed E-state index contributed by atoms with van der Waals surface area (Å²) in [5, 5.41) is 135. The van der Waals surface area contributed by atoms with Gasteiger partial charge >= 0.3 is 17.9 Å². The molecule has 9 rings (SSSR count). The number of hydrogen-bond acceptors (Lipinski definition) is 26. The predicted molar refractivity (Wildman–Crippen MR) is 320 cm³/mol. The third-order valence-electron chi connectivity index (χ3n) is 23.9. The fourth-order valence-electron chi connectivity index (χ4n) is 18.1. The number of carbonyl (C=O) groups excluding carboxylic acids is 3. The number of fused-ring (bicyclic) bond motifs is 7. The van der Waals surface area contributed by atoms with Gasteiger partial charge in [-0.25, -0.2) is 9.59 Å². The van der Waals surface area contributed by atoms with Gasteiger partial charge in [-0.2, -0.15) is 0 Å². The number of rotatable bonds is 16. The monoisotopic (exact) mass is 1310 g/mol. The molecule has 0 aromatic rings. The van der Waals surface area contributed by atoms with E-state index in [1.807, 2.05) is 13.8 Å². The van der Waals surface area contributed by atoms with E-state index in [9.17, 15) is 75.7 Å². The molecule has 0 aromatic heterocycles. The minimum Gasteiger partial charge on any atom is -0.459 e. The second-order valence-corrected chi connectivity index (χ2v) is 29.8. The number of ether oxygens (including phenoxy) is 11. The van der Waals surface area contributed by atoms with E-state index in [4.69, 9.17) is 52.1 Å². The van der Waals surface area contributed by atoms with Crippen LogP contribution in [0.1, 0.15) is 142 Å². The number of aliphatic hydroxyl groups is 12. The highest BCUT2D eigenvalue weighted by Crippen LogP contribution is 2.76. The Hall–Kier alpha value is -3.17. The highest BCUT2D eigenvalue weighted by Gasteiger charge is 2.74. The van der Waals surface area contributed by atoms with Crippen molar-refractivity contribution in [3.8, 4) is 0 Å². The van der Waals surface area contributed by atoms with E-state index in [2.05, 4.69) is 40.7 Å². The molecule has 0 aromatic carbocycles. The van der Waals surface area contributed by atoms with Crippen LogP contribution in [0, 0.1) is 50.2 Å². The topological polar surface area (TPSA) is 396 Å². The summed E-state index contributed by atoms with van der Waals surface area (Å²) >= 11 is 0. The van der Waals surface area contributed by atoms with Crippen LogP contribution in [0.2, 0.25) is 0 Å². The smallest absolute Gasteiger partial charge is 0.333 e. The van der Waals surface area contributed by atoms with Gasteiger partial charge in [0.1, 0.15) is 85.5 Å². The molecule has 9 aliphatic rings. The van der Waals surface area contributed by atoms with Crippen molar-refractivity contribution in [2.75, 3.05) is 19.8 Å². The van der Waals surface area contributed by atoms with Crippen molar-refractivity contribution >= 4 is 17.9 Å². The Morgan fingerprint density at radius 1 is 0.554 bits per heavy atom. The first-order valence-corrected chi connectivity index (χ1v) is 32.7. The zero-order valence-corrected chi connectivity index (χ0v) is 55.5. The second-order valence-electron chi connectivity index (χ2n) is 29.8. The van der Waals surface area contributed by atoms with Crippen molar-refractivity contribution < 1.29 is 128 Å². The number of hydrogen-bond donors (Lipinski definition) is 12. The Morgan fingerprint density at radius 2 is 1.10 bits per heavy atom. The van der Waals surface area contributed by atoms with Crippen LogP contribution in [-0.2, 0) is 66.5 Å². The predicted octanol–water partition coefficient (Wildman–Crippen LogP) is 1.01. The Bertz CT molecular complexity index is 2740. The maximum Gasteiger partial charge on any atom is 0.333 e. The normalized spacial score (nSPS) is 49.4. The van der Waals surface area contributed by atoms with Gasteiger partial charge in [-0.3, -0.25) is 4.79 Å². The minimum atomic E-state index is -1.94. The van der Waals surface area contributed by atoms with Gasteiger partial charge in [-0.05, 0) is 131 Å². The third-order valence-corrected chi connectivity index (χ3v) is 23.9. The van der Waals surface area contributed by atoms with Crippen molar-refractivity contribution in [1.29, 1.82) is 0 Å². The first-order valence-electron chi connectivity index (χ1n) is 32.7. The first-order chi connectivity index (χ1) is 43.0. The van der Waals surface area contributed by atoms with Crippen LogP contribution in [-0.4, -0.2) is 246 Å². The van der Waals surface area contributed by atoms with Gasteiger partial charge in [-0.15, -0.1) is 0 Å². The quantitative estimate of drug-likeness (QED) is 0.0337. The van der Waals surface area contributed by atoms with Gasteiger partial charge < -0.3 is 113 Å². The fraction of sp³-hybridized carbons (Fsp3) is 0.864. The summed E-state index contributed by atoms with van der Waals surface area (Å²) < 4.78 is 68.8. The Kier molecular flexibility index (Phi) is 21.7. The van der Waals surface area contributed by atoms with E-state index < -0.39 is 223 Å². The van der Waals surface area contributed by atoms with Gasteiger partial charge in [0.15, 0.2) is 37.4 Å². The lowest BCUT2D eigenvalue weighted by molar-refractivity contribution is -0.398. The minimum absolute atomic E-state index is 0.00200. The van der Waals surface area contributed by atoms with E-state index in [-0.39, 0.29) is 29.4 Å². The molecule has 26 heteroatoms. The zero-order chi connectivity index (χ0) is 68.0. The highest BCUT2D eigenvalue weighted by molar-refractivity contribution is 5.88. The van der Waals surface area contributed by atoms with Crippen LogP contribution >= 0.6 is 0 Å². The SMILES string of the molecule is C/C=C(/C)C(=O)O[C@@H]1[C@@H](O)[C@H](O[C@H]2[C@H](OC(C)=O)[C@@]3(CO)C(CC2(C)C)C2=CCC4[C@@]5(C)CC[C@H](O[C@@H]6O[C@H](CO)[C@@H](O)[C@H](O[C@@H]7O[C@@H](C)[C@H](O)[C@@H](O)[C@H]7O)[C@H]6O[C@@H]6O[C@H](CO)[C@H](O)[C@H](O)[C@H]6O)C(C)(C)C5CC[C@@]4(C)[C@]2(C)C[C@H]3O)O[C@H](C)[C@@H]1OC(=O)/C(C)=C/C. The lowest BCUT2D eigenvalue weighted by Crippen LogP contribution is -2.73. The Morgan fingerprint density at radius 3 is 1.68 bits per heavy atom. The number of aliphatic hydroxyl groups excluding tert-OH is 12. The lowest BCUT2D eigenvalue weighted by Gasteiger charge is -2.72. The number of esters is 3. The molecule has 4 saturated heterocycles. The van der Waals surface area contributed by atoms with Crippen LogP contribution in [0.4, 0.5) is 0 Å². The number of allylic oxidation sites excluding steroid dienone is 4. The van der Waals surface area contributed by atoms with E-state index in [0.717, 1.165) is 5.57 Å². The lowest BCUT2D eigenvalue weighted by atomic mass is 9.33. The molecule has 12 N–H and O–H groups in total. The van der Waals surface area contributed by atoms with Gasteiger partial charge in [0.2, 0.25) is 0 Å². The molecule has 524 valence electrons. The summed E-state index contributed by atoms with van der Waals surface area (Å²) in [7, 11) is 0. The van der Waals surface area contributed by atoms with Crippen molar-refractivity contribution in [3.05, 3.63) is 34.9 Å². The van der Waals surface area contributed by atoms with E-state index in [0.29, 0.717) is 38.5 Å². The standard InChI is InChI=1S/C66H104O26/c1-15-28(3)55(80)88-49-31(6)83-59(48(79)51(49)89-56(81)29(4)16-2)92-53-54(84-32(7)70)66(27-69)34(23-61(53,8)9)33-17-18-38-63(12)21-20-40(62(10,11)37(63)19-22-64(38,13)65(33,14)24-39(66)71)87-60-52(91-58-47(78)45(76)42(73)35(25-67)85-58)50(43(74)36(26-68)86-60)90-57-46(77)44(75)41(72)30(5)82-57/h15-17,30-31,34-54,57-60,67-69,71-79H,18-27H2,1-14H3/b28-15+,29-16-/t30-,31+,34?,35+,36+,37?,38?,39+,40-,41-,42-,43+,44+,45-,46+,47+,48+,49-,50-,51+,52+,53-,54-,57-,58-,59-,60-,63-,64+,65+,66-/m0/s1. The van der Waals surface area contributed by atoms with Crippen LogP contribution in [0.25, 0.3) is 0 Å². The molecule has 4 aliphatic heterocycles. The summed E-state index contributed by atoms with van der Waals surface area (Å²) in [6, 6.07) is 0. The van der Waals surface area contributed by atoms with Crippen LogP contribution in [0.3, 0.4) is 0 Å². The summed E-state index contributed by atoms with van der Waals surface area (Å²) in [5.74, 6) is -2.82. The largest absolute Gasteiger partial charge is 0.459 e. The molecule has 8 fully saturated rings. The van der Waals surface area contributed by atoms with Gasteiger partial charge in [-0.1, -0.05) is 72.3 Å². The molecule has 31 atom stereocenters. The first kappa shape index (κ1) is 73.1. The van der Waals surface area contributed by atoms with Gasteiger partial charge in [0.25, 0.3) is 0 Å². The Balaban J connectivity index is 1.01. The zero-order valence-electron chi connectivity index (χ0n) is 55.5. The van der Waals surface area contributed by atoms with E-state index in [1.165, 1.54) is 26.8 Å². The molecule has 0 radical (unpaired) electrons. The molecule has 92 heavy (non-hydrogen) atoms. The second kappa shape index (κ2) is 27.3. The molecular weight excluding hydrogens is 1210 g/mol. The summed E-state index contributed by atoms with van der Waals surface area (Å²) in [6.07, 6.45) is -27.5. The van der Waals surface area contributed by atoms with Crippen molar-refractivity contribution in [2.45, 2.75) is 289 Å². The van der Waals surface area contributed by atoms with Crippen molar-refractivity contribution in [3.63, 3.8) is 0 Å². The molecule has 0 bridgehead atoms. The molecule has 3 unspecified atom stereocenters.